The lowest BCUT2D eigenvalue weighted by Crippen LogP contribution is -2.36. The van der Waals surface area contributed by atoms with Crippen molar-refractivity contribution in [2.75, 3.05) is 7.11 Å². The average molecular weight is 212 g/mol. The molecule has 86 valence electrons. The number of esters is 1. The molecule has 3 atom stereocenters. The number of ether oxygens (including phenoxy) is 2. The largest absolute Gasteiger partial charge is 0.467 e. The van der Waals surface area contributed by atoms with Crippen molar-refractivity contribution >= 4 is 5.97 Å². The van der Waals surface area contributed by atoms with E-state index in [-0.39, 0.29) is 11.6 Å². The molecule has 15 heavy (non-hydrogen) atoms. The zero-order chi connectivity index (χ0) is 11.1. The van der Waals surface area contributed by atoms with Crippen molar-refractivity contribution in [3.05, 3.63) is 0 Å². The van der Waals surface area contributed by atoms with Crippen LogP contribution < -0.4 is 0 Å². The van der Waals surface area contributed by atoms with Gasteiger partial charge >= 0.3 is 5.97 Å². The molecule has 3 heteroatoms. The summed E-state index contributed by atoms with van der Waals surface area (Å²) in [4.78, 5) is 11.7. The first-order valence-electron chi connectivity index (χ1n) is 5.85. The van der Waals surface area contributed by atoms with Crippen LogP contribution in [-0.4, -0.2) is 24.3 Å². The van der Waals surface area contributed by atoms with E-state index < -0.39 is 5.60 Å². The normalized spacial score (nSPS) is 44.9. The lowest BCUT2D eigenvalue weighted by atomic mass is 9.80. The van der Waals surface area contributed by atoms with Gasteiger partial charge in [0.25, 0.3) is 0 Å². The molecule has 1 spiro atoms. The Bertz CT molecular complexity index is 276. The molecule has 2 rings (SSSR count). The van der Waals surface area contributed by atoms with Crippen LogP contribution in [0.15, 0.2) is 0 Å². The van der Waals surface area contributed by atoms with E-state index in [1.807, 2.05) is 6.92 Å². The molecule has 2 aliphatic rings. The molecule has 0 amide bonds. The maximum Gasteiger partial charge on any atom is 0.340 e. The van der Waals surface area contributed by atoms with E-state index in [9.17, 15) is 4.79 Å². The van der Waals surface area contributed by atoms with Gasteiger partial charge in [0.2, 0.25) is 0 Å². The van der Waals surface area contributed by atoms with E-state index in [2.05, 4.69) is 6.92 Å². The van der Waals surface area contributed by atoms with Crippen LogP contribution in [-0.2, 0) is 14.3 Å². The summed E-state index contributed by atoms with van der Waals surface area (Å²) in [5.41, 5.74) is -0.901. The molecule has 1 saturated carbocycles. The second kappa shape index (κ2) is 3.48. The summed E-state index contributed by atoms with van der Waals surface area (Å²) >= 11 is 0. The second-order valence-electron chi connectivity index (χ2n) is 5.02. The second-order valence-corrected chi connectivity index (χ2v) is 5.02. The van der Waals surface area contributed by atoms with Gasteiger partial charge in [-0.05, 0) is 25.7 Å². The summed E-state index contributed by atoms with van der Waals surface area (Å²) in [5.74, 6) is 0.250. The summed E-state index contributed by atoms with van der Waals surface area (Å²) in [6.07, 6.45) is 5.83. The van der Waals surface area contributed by atoms with Gasteiger partial charge in [-0.2, -0.15) is 0 Å². The van der Waals surface area contributed by atoms with Crippen molar-refractivity contribution in [3.8, 4) is 0 Å². The number of methoxy groups -OCH3 is 1. The fourth-order valence-corrected chi connectivity index (χ4v) is 3.10. The van der Waals surface area contributed by atoms with Crippen LogP contribution in [0.3, 0.4) is 0 Å². The van der Waals surface area contributed by atoms with Crippen molar-refractivity contribution < 1.29 is 14.3 Å². The third kappa shape index (κ3) is 1.40. The fraction of sp³-hybridized carbons (Fsp3) is 0.917. The van der Waals surface area contributed by atoms with E-state index in [4.69, 9.17) is 9.47 Å². The summed E-state index contributed by atoms with van der Waals surface area (Å²) in [6.45, 7) is 4.07. The highest BCUT2D eigenvalue weighted by Gasteiger charge is 2.73. The number of hydrogen-bond acceptors (Lipinski definition) is 3. The van der Waals surface area contributed by atoms with E-state index in [0.29, 0.717) is 5.92 Å². The van der Waals surface area contributed by atoms with E-state index in [1.54, 1.807) is 0 Å². The van der Waals surface area contributed by atoms with Gasteiger partial charge < -0.3 is 9.47 Å². The van der Waals surface area contributed by atoms with Crippen LogP contribution in [0.4, 0.5) is 0 Å². The predicted octanol–water partition coefficient (Wildman–Crippen LogP) is 2.29. The molecule has 1 saturated heterocycles. The molecule has 3 nitrogen and oxygen atoms in total. The molecular weight excluding hydrogens is 192 g/mol. The number of carbonyl (C=O) groups is 1. The van der Waals surface area contributed by atoms with Crippen LogP contribution >= 0.6 is 0 Å². The maximum absolute atomic E-state index is 11.7. The number of hydrogen-bond donors (Lipinski definition) is 0. The first-order valence-corrected chi connectivity index (χ1v) is 5.85. The third-order valence-corrected chi connectivity index (χ3v) is 4.21. The fourth-order valence-electron chi connectivity index (χ4n) is 3.10. The molecular formula is C12H20O3. The minimum absolute atomic E-state index is 0.212. The Labute approximate surface area is 91.1 Å². The first kappa shape index (κ1) is 10.9. The molecule has 2 fully saturated rings. The molecule has 0 bridgehead atoms. The molecule has 0 N–H and O–H groups in total. The highest BCUT2D eigenvalue weighted by atomic mass is 16.7. The Kier molecular flexibility index (Phi) is 2.53. The van der Waals surface area contributed by atoms with Crippen LogP contribution in [0.25, 0.3) is 0 Å². The molecule has 0 aromatic rings. The average Bonchev–Trinajstić information content (AvgIpc) is 2.89. The standard InChI is InChI=1S/C12H20O3/c1-9-7-5-4-6-8-12(9)11(2,15-12)10(13)14-3/h9H,4-8H2,1-3H3. The molecule has 1 aliphatic heterocycles. The molecule has 0 aromatic carbocycles. The predicted molar refractivity (Wildman–Crippen MR) is 56.5 cm³/mol. The Hall–Kier alpha value is -0.570. The van der Waals surface area contributed by atoms with Gasteiger partial charge in [0, 0.05) is 0 Å². The van der Waals surface area contributed by atoms with Gasteiger partial charge in [-0.1, -0.05) is 26.2 Å². The third-order valence-electron chi connectivity index (χ3n) is 4.21. The molecule has 1 aliphatic carbocycles. The molecule has 0 aromatic heterocycles. The van der Waals surface area contributed by atoms with Crippen LogP contribution in [0, 0.1) is 5.92 Å². The zero-order valence-electron chi connectivity index (χ0n) is 9.84. The van der Waals surface area contributed by atoms with Gasteiger partial charge in [0.05, 0.1) is 7.11 Å². The quantitative estimate of drug-likeness (QED) is 0.494. The Morgan fingerprint density at radius 2 is 2.13 bits per heavy atom. The van der Waals surface area contributed by atoms with Crippen molar-refractivity contribution in [1.29, 1.82) is 0 Å². The Morgan fingerprint density at radius 3 is 2.80 bits per heavy atom. The van der Waals surface area contributed by atoms with E-state index in [1.165, 1.54) is 20.0 Å². The first-order chi connectivity index (χ1) is 7.07. The summed E-state index contributed by atoms with van der Waals surface area (Å²) in [6, 6.07) is 0. The minimum Gasteiger partial charge on any atom is -0.467 e. The number of carbonyl (C=O) groups excluding carboxylic acids is 1. The highest BCUT2D eigenvalue weighted by Crippen LogP contribution is 2.58. The van der Waals surface area contributed by atoms with Gasteiger partial charge in [0.15, 0.2) is 5.60 Å². The zero-order valence-corrected chi connectivity index (χ0v) is 9.84. The van der Waals surface area contributed by atoms with Crippen molar-refractivity contribution in [3.63, 3.8) is 0 Å². The number of epoxide rings is 1. The Morgan fingerprint density at radius 1 is 1.40 bits per heavy atom. The van der Waals surface area contributed by atoms with E-state index >= 15 is 0 Å². The van der Waals surface area contributed by atoms with E-state index in [0.717, 1.165) is 19.3 Å². The Balaban J connectivity index is 2.18. The van der Waals surface area contributed by atoms with Gasteiger partial charge in [-0.15, -0.1) is 0 Å². The lowest BCUT2D eigenvalue weighted by molar-refractivity contribution is -0.146. The van der Waals surface area contributed by atoms with Gasteiger partial charge in [-0.3, -0.25) is 0 Å². The number of rotatable bonds is 1. The smallest absolute Gasteiger partial charge is 0.340 e. The highest BCUT2D eigenvalue weighted by molar-refractivity contribution is 5.84. The molecule has 0 radical (unpaired) electrons. The topological polar surface area (TPSA) is 38.8 Å². The lowest BCUT2D eigenvalue weighted by Gasteiger charge is -2.20. The summed E-state index contributed by atoms with van der Waals surface area (Å²) < 4.78 is 10.6. The maximum atomic E-state index is 11.7. The van der Waals surface area contributed by atoms with Crippen LogP contribution in [0.1, 0.15) is 46.0 Å². The van der Waals surface area contributed by atoms with Crippen LogP contribution in [0.5, 0.6) is 0 Å². The van der Waals surface area contributed by atoms with Crippen molar-refractivity contribution in [2.24, 2.45) is 5.92 Å². The monoisotopic (exact) mass is 212 g/mol. The van der Waals surface area contributed by atoms with Crippen molar-refractivity contribution in [1.82, 2.24) is 0 Å². The van der Waals surface area contributed by atoms with Crippen LogP contribution in [0.2, 0.25) is 0 Å². The van der Waals surface area contributed by atoms with Crippen molar-refractivity contribution in [2.45, 2.75) is 57.2 Å². The SMILES string of the molecule is COC(=O)C1(C)OC12CCCCCC2C. The van der Waals surface area contributed by atoms with Gasteiger partial charge in [0.1, 0.15) is 5.60 Å². The molecule has 1 heterocycles. The summed E-state index contributed by atoms with van der Waals surface area (Å²) in [5, 5.41) is 0. The van der Waals surface area contributed by atoms with Gasteiger partial charge in [-0.25, -0.2) is 4.79 Å². The minimum atomic E-state index is -0.675. The summed E-state index contributed by atoms with van der Waals surface area (Å²) in [7, 11) is 1.43. The molecule has 3 unspecified atom stereocenters.